The topological polar surface area (TPSA) is 56.4 Å². The fraction of sp³-hybridized carbons (Fsp3) is 0.500. The number of piperidine rings is 1. The molecule has 134 valence electrons. The fourth-order valence-corrected chi connectivity index (χ4v) is 3.61. The molecule has 0 unspecified atom stereocenters. The Balaban J connectivity index is 1.70. The number of amides is 1. The monoisotopic (exact) mass is 341 g/mol. The Hall–Kier alpha value is -2.14. The maximum absolute atomic E-state index is 12.4. The van der Waals surface area contributed by atoms with Gasteiger partial charge in [0.05, 0.1) is 5.52 Å². The van der Waals surface area contributed by atoms with E-state index in [2.05, 4.69) is 16.0 Å². The van der Waals surface area contributed by atoms with Crippen LogP contribution in [0.2, 0.25) is 0 Å². The van der Waals surface area contributed by atoms with E-state index in [9.17, 15) is 9.59 Å². The lowest BCUT2D eigenvalue weighted by Gasteiger charge is -2.28. The number of aromatic nitrogens is 1. The Morgan fingerprint density at radius 3 is 2.72 bits per heavy atom. The zero-order valence-electron chi connectivity index (χ0n) is 15.4. The number of likely N-dealkylation sites (tertiary alicyclic amines) is 1. The SMILES string of the molecule is Cc1cc(C)c2[nH]c(CN(C)CCN3CCCCC3=O)cc(=O)c2c1. The summed E-state index contributed by atoms with van der Waals surface area (Å²) in [5.41, 5.74) is 4.10. The van der Waals surface area contributed by atoms with Crippen molar-refractivity contribution in [2.24, 2.45) is 0 Å². The van der Waals surface area contributed by atoms with Crippen molar-refractivity contribution in [2.75, 3.05) is 26.7 Å². The average molecular weight is 341 g/mol. The Kier molecular flexibility index (Phi) is 5.23. The number of aryl methyl sites for hydroxylation is 2. The second-order valence-electron chi connectivity index (χ2n) is 7.24. The smallest absolute Gasteiger partial charge is 0.222 e. The zero-order valence-corrected chi connectivity index (χ0v) is 15.4. The number of hydrogen-bond acceptors (Lipinski definition) is 3. The molecule has 1 aromatic carbocycles. The number of aromatic amines is 1. The van der Waals surface area contributed by atoms with Crippen LogP contribution in [0.4, 0.5) is 0 Å². The molecule has 1 saturated heterocycles. The Morgan fingerprint density at radius 1 is 1.16 bits per heavy atom. The normalized spacial score (nSPS) is 15.4. The van der Waals surface area contributed by atoms with E-state index in [0.29, 0.717) is 13.0 Å². The van der Waals surface area contributed by atoms with Gasteiger partial charge in [-0.2, -0.15) is 0 Å². The second kappa shape index (κ2) is 7.40. The summed E-state index contributed by atoms with van der Waals surface area (Å²) >= 11 is 0. The van der Waals surface area contributed by atoms with Gasteiger partial charge in [-0.25, -0.2) is 0 Å². The lowest BCUT2D eigenvalue weighted by molar-refractivity contribution is -0.133. The number of carbonyl (C=O) groups is 1. The van der Waals surface area contributed by atoms with Crippen molar-refractivity contribution in [3.05, 3.63) is 45.2 Å². The molecule has 3 rings (SSSR count). The number of rotatable bonds is 5. The molecule has 0 spiro atoms. The van der Waals surface area contributed by atoms with Crippen LogP contribution in [0.5, 0.6) is 0 Å². The van der Waals surface area contributed by atoms with Crippen LogP contribution >= 0.6 is 0 Å². The van der Waals surface area contributed by atoms with E-state index < -0.39 is 0 Å². The number of carbonyl (C=O) groups excluding carboxylic acids is 1. The summed E-state index contributed by atoms with van der Waals surface area (Å²) in [7, 11) is 2.03. The molecule has 0 bridgehead atoms. The number of pyridine rings is 1. The van der Waals surface area contributed by atoms with Crippen LogP contribution in [-0.4, -0.2) is 47.4 Å². The highest BCUT2D eigenvalue weighted by molar-refractivity contribution is 5.82. The zero-order chi connectivity index (χ0) is 18.0. The van der Waals surface area contributed by atoms with Crippen molar-refractivity contribution in [3.63, 3.8) is 0 Å². The van der Waals surface area contributed by atoms with Crippen LogP contribution in [0.15, 0.2) is 23.0 Å². The van der Waals surface area contributed by atoms with Crippen molar-refractivity contribution < 1.29 is 4.79 Å². The molecule has 0 aliphatic carbocycles. The van der Waals surface area contributed by atoms with E-state index in [0.717, 1.165) is 60.2 Å². The van der Waals surface area contributed by atoms with Gasteiger partial charge in [-0.05, 0) is 50.9 Å². The van der Waals surface area contributed by atoms with E-state index in [1.165, 1.54) is 0 Å². The van der Waals surface area contributed by atoms with E-state index in [4.69, 9.17) is 0 Å². The standard InChI is InChI=1S/C20H27N3O2/c1-14-10-15(2)20-17(11-14)18(24)12-16(21-20)13-22(3)8-9-23-7-5-4-6-19(23)25/h10-12H,4-9,13H2,1-3H3,(H,21,24). The molecule has 1 aliphatic rings. The van der Waals surface area contributed by atoms with Crippen molar-refractivity contribution >= 4 is 16.8 Å². The fourth-order valence-electron chi connectivity index (χ4n) is 3.61. The molecule has 1 N–H and O–H groups in total. The van der Waals surface area contributed by atoms with E-state index >= 15 is 0 Å². The lowest BCUT2D eigenvalue weighted by Crippen LogP contribution is -2.40. The quantitative estimate of drug-likeness (QED) is 0.909. The molecule has 25 heavy (non-hydrogen) atoms. The number of fused-ring (bicyclic) bond motifs is 1. The van der Waals surface area contributed by atoms with Gasteiger partial charge in [-0.1, -0.05) is 6.07 Å². The van der Waals surface area contributed by atoms with Gasteiger partial charge in [-0.3, -0.25) is 14.5 Å². The first kappa shape index (κ1) is 17.7. The minimum absolute atomic E-state index is 0.0650. The largest absolute Gasteiger partial charge is 0.357 e. The van der Waals surface area contributed by atoms with E-state index in [1.807, 2.05) is 31.9 Å². The predicted molar refractivity (Wildman–Crippen MR) is 101 cm³/mol. The van der Waals surface area contributed by atoms with Gasteiger partial charge in [0.1, 0.15) is 0 Å². The summed E-state index contributed by atoms with van der Waals surface area (Å²) in [6, 6.07) is 5.73. The van der Waals surface area contributed by atoms with Gasteiger partial charge in [0.2, 0.25) is 5.91 Å². The molecule has 1 fully saturated rings. The average Bonchev–Trinajstić information content (AvgIpc) is 2.55. The third-order valence-electron chi connectivity index (χ3n) is 4.95. The second-order valence-corrected chi connectivity index (χ2v) is 7.24. The van der Waals surface area contributed by atoms with Gasteiger partial charge in [-0.15, -0.1) is 0 Å². The van der Waals surface area contributed by atoms with Crippen LogP contribution in [0, 0.1) is 13.8 Å². The lowest BCUT2D eigenvalue weighted by atomic mass is 10.1. The number of benzene rings is 1. The van der Waals surface area contributed by atoms with Crippen molar-refractivity contribution in [1.29, 1.82) is 0 Å². The molecule has 0 radical (unpaired) electrons. The Morgan fingerprint density at radius 2 is 1.96 bits per heavy atom. The maximum Gasteiger partial charge on any atom is 0.222 e. The van der Waals surface area contributed by atoms with E-state index in [1.54, 1.807) is 6.07 Å². The molecule has 0 atom stereocenters. The molecule has 1 aromatic heterocycles. The molecular formula is C20H27N3O2. The Labute approximate surface area is 148 Å². The molecular weight excluding hydrogens is 314 g/mol. The van der Waals surface area contributed by atoms with Gasteiger partial charge in [0, 0.05) is 49.7 Å². The van der Waals surface area contributed by atoms with Crippen molar-refractivity contribution in [2.45, 2.75) is 39.7 Å². The van der Waals surface area contributed by atoms with Crippen LogP contribution in [0.1, 0.15) is 36.1 Å². The number of nitrogens with one attached hydrogen (secondary N) is 1. The predicted octanol–water partition coefficient (Wildman–Crippen LogP) is 2.59. The molecule has 0 saturated carbocycles. The summed E-state index contributed by atoms with van der Waals surface area (Å²) in [5.74, 6) is 0.268. The highest BCUT2D eigenvalue weighted by Crippen LogP contribution is 2.16. The summed E-state index contributed by atoms with van der Waals surface area (Å²) in [5, 5.41) is 0.753. The third-order valence-corrected chi connectivity index (χ3v) is 4.95. The molecule has 1 aliphatic heterocycles. The molecule has 5 nitrogen and oxygen atoms in total. The first-order chi connectivity index (χ1) is 11.9. The molecule has 1 amide bonds. The maximum atomic E-state index is 12.4. The first-order valence-electron chi connectivity index (χ1n) is 9.03. The molecule has 5 heteroatoms. The first-order valence-corrected chi connectivity index (χ1v) is 9.03. The van der Waals surface area contributed by atoms with Crippen molar-refractivity contribution in [1.82, 2.24) is 14.8 Å². The van der Waals surface area contributed by atoms with Gasteiger partial charge < -0.3 is 9.88 Å². The highest BCUT2D eigenvalue weighted by atomic mass is 16.2. The molecule has 2 aromatic rings. The molecule has 2 heterocycles. The Bertz CT molecular complexity index is 841. The third kappa shape index (κ3) is 4.10. The number of likely N-dealkylation sites (N-methyl/N-ethyl adjacent to an activating group) is 1. The minimum Gasteiger partial charge on any atom is -0.357 e. The van der Waals surface area contributed by atoms with Crippen LogP contribution < -0.4 is 5.43 Å². The van der Waals surface area contributed by atoms with Crippen molar-refractivity contribution in [3.8, 4) is 0 Å². The number of nitrogens with zero attached hydrogens (tertiary/aromatic N) is 2. The number of H-pyrrole nitrogens is 1. The minimum atomic E-state index is 0.0650. The van der Waals surface area contributed by atoms with Crippen LogP contribution in [-0.2, 0) is 11.3 Å². The summed E-state index contributed by atoms with van der Waals surface area (Å²) < 4.78 is 0. The summed E-state index contributed by atoms with van der Waals surface area (Å²) in [6.07, 6.45) is 2.80. The van der Waals surface area contributed by atoms with Crippen LogP contribution in [0.25, 0.3) is 10.9 Å². The highest BCUT2D eigenvalue weighted by Gasteiger charge is 2.18. The van der Waals surface area contributed by atoms with Gasteiger partial charge in [0.25, 0.3) is 0 Å². The summed E-state index contributed by atoms with van der Waals surface area (Å²) in [4.78, 5) is 31.9. The van der Waals surface area contributed by atoms with Crippen LogP contribution in [0.3, 0.4) is 0 Å². The van der Waals surface area contributed by atoms with Gasteiger partial charge in [0.15, 0.2) is 5.43 Å². The van der Waals surface area contributed by atoms with E-state index in [-0.39, 0.29) is 11.3 Å². The summed E-state index contributed by atoms with van der Waals surface area (Å²) in [6.45, 7) is 7.14. The number of hydrogen-bond donors (Lipinski definition) is 1. The van der Waals surface area contributed by atoms with Gasteiger partial charge >= 0.3 is 0 Å².